The third-order valence-electron chi connectivity index (χ3n) is 2.15. The Morgan fingerprint density at radius 1 is 1.22 bits per heavy atom. The summed E-state index contributed by atoms with van der Waals surface area (Å²) >= 11 is 12.0. The zero-order valence-electron chi connectivity index (χ0n) is 9.79. The number of hydrogen-bond acceptors (Lipinski definition) is 6. The first-order valence-electron chi connectivity index (χ1n) is 5.17. The highest BCUT2D eigenvalue weighted by Gasteiger charge is 2.09. The maximum atomic E-state index is 6.03. The van der Waals surface area contributed by atoms with Gasteiger partial charge in [-0.15, -0.1) is 0 Å². The van der Waals surface area contributed by atoms with E-state index in [1.807, 2.05) is 0 Å². The van der Waals surface area contributed by atoms with Crippen LogP contribution in [0.4, 0.5) is 11.6 Å². The lowest BCUT2D eigenvalue weighted by Gasteiger charge is -2.09. The molecule has 0 unspecified atom stereocenters. The molecule has 2 N–H and O–H groups in total. The second-order valence-electron chi connectivity index (χ2n) is 3.48. The highest BCUT2D eigenvalue weighted by molar-refractivity contribution is 6.37. The second-order valence-corrected chi connectivity index (χ2v) is 4.30. The molecule has 2 aromatic heterocycles. The molecule has 0 fully saturated rings. The van der Waals surface area contributed by atoms with E-state index >= 15 is 0 Å². The van der Waals surface area contributed by atoms with Crippen LogP contribution in [0.1, 0.15) is 11.7 Å². The molecular weight excluding hydrogens is 277 g/mol. The van der Waals surface area contributed by atoms with E-state index in [0.717, 1.165) is 0 Å². The highest BCUT2D eigenvalue weighted by Crippen LogP contribution is 2.28. The zero-order chi connectivity index (χ0) is 13.1. The summed E-state index contributed by atoms with van der Waals surface area (Å²) in [5, 5.41) is 10.5. The molecule has 0 bridgehead atoms. The van der Waals surface area contributed by atoms with Crippen molar-refractivity contribution in [3.63, 3.8) is 0 Å². The normalized spacial score (nSPS) is 10.4. The quantitative estimate of drug-likeness (QED) is 0.901. The summed E-state index contributed by atoms with van der Waals surface area (Å²) < 4.78 is 4.86. The van der Waals surface area contributed by atoms with E-state index in [1.54, 1.807) is 20.0 Å². The fraction of sp³-hybridized carbons (Fsp3) is 0.300. The monoisotopic (exact) mass is 287 g/mol. The number of nitrogens with one attached hydrogen (secondary N) is 2. The largest absolute Gasteiger partial charge is 0.372 e. The number of pyridine rings is 1. The van der Waals surface area contributed by atoms with Crippen molar-refractivity contribution in [1.29, 1.82) is 0 Å². The maximum Gasteiger partial charge on any atom is 0.223 e. The van der Waals surface area contributed by atoms with Crippen LogP contribution in [0.5, 0.6) is 0 Å². The second kappa shape index (κ2) is 5.41. The fourth-order valence-electron chi connectivity index (χ4n) is 1.34. The van der Waals surface area contributed by atoms with Gasteiger partial charge in [0.15, 0.2) is 5.82 Å². The van der Waals surface area contributed by atoms with Gasteiger partial charge in [0.25, 0.3) is 0 Å². The predicted octanol–water partition coefficient (Wildman–Crippen LogP) is 2.73. The molecule has 6 nitrogen and oxygen atoms in total. The van der Waals surface area contributed by atoms with Crippen LogP contribution in [0.3, 0.4) is 0 Å². The summed E-state index contributed by atoms with van der Waals surface area (Å²) in [6, 6.07) is 1.62. The standard InChI is InChI=1S/C10H11Cl2N5O/c1-5-15-8(17-18-5)4-14-10-7(12)3-6(11)9(13-2)16-10/h3H,4H2,1-2H3,(H2,13,14,16). The summed E-state index contributed by atoms with van der Waals surface area (Å²) in [7, 11) is 1.73. The number of rotatable bonds is 4. The summed E-state index contributed by atoms with van der Waals surface area (Å²) in [6.07, 6.45) is 0. The average Bonchev–Trinajstić information content (AvgIpc) is 2.74. The van der Waals surface area contributed by atoms with Gasteiger partial charge in [-0.25, -0.2) is 4.98 Å². The van der Waals surface area contributed by atoms with Gasteiger partial charge in [0.2, 0.25) is 5.89 Å². The summed E-state index contributed by atoms with van der Waals surface area (Å²) in [6.45, 7) is 2.10. The van der Waals surface area contributed by atoms with E-state index in [-0.39, 0.29) is 0 Å². The Hall–Kier alpha value is -1.53. The van der Waals surface area contributed by atoms with Crippen molar-refractivity contribution in [2.24, 2.45) is 0 Å². The lowest BCUT2D eigenvalue weighted by molar-refractivity contribution is 0.388. The topological polar surface area (TPSA) is 75.9 Å². The molecule has 96 valence electrons. The highest BCUT2D eigenvalue weighted by atomic mass is 35.5. The van der Waals surface area contributed by atoms with Gasteiger partial charge in [-0.05, 0) is 6.07 Å². The fourth-order valence-corrected chi connectivity index (χ4v) is 1.86. The van der Waals surface area contributed by atoms with Crippen LogP contribution in [0.2, 0.25) is 10.0 Å². The average molecular weight is 288 g/mol. The Kier molecular flexibility index (Phi) is 3.88. The first-order valence-corrected chi connectivity index (χ1v) is 5.92. The molecule has 0 spiro atoms. The van der Waals surface area contributed by atoms with E-state index < -0.39 is 0 Å². The third kappa shape index (κ3) is 2.83. The van der Waals surface area contributed by atoms with Crippen molar-refractivity contribution in [3.8, 4) is 0 Å². The molecule has 0 saturated heterocycles. The van der Waals surface area contributed by atoms with Crippen LogP contribution in [-0.2, 0) is 6.54 Å². The van der Waals surface area contributed by atoms with Gasteiger partial charge in [-0.3, -0.25) is 0 Å². The van der Waals surface area contributed by atoms with Crippen molar-refractivity contribution in [3.05, 3.63) is 27.8 Å². The molecule has 8 heteroatoms. The van der Waals surface area contributed by atoms with Gasteiger partial charge in [0.05, 0.1) is 16.6 Å². The summed E-state index contributed by atoms with van der Waals surface area (Å²) in [5.74, 6) is 2.10. The van der Waals surface area contributed by atoms with E-state index in [1.165, 1.54) is 0 Å². The lowest BCUT2D eigenvalue weighted by Crippen LogP contribution is -2.05. The molecule has 0 aliphatic heterocycles. The Labute approximate surface area is 114 Å². The molecule has 18 heavy (non-hydrogen) atoms. The number of anilines is 2. The Morgan fingerprint density at radius 2 is 1.94 bits per heavy atom. The first kappa shape index (κ1) is 12.9. The predicted molar refractivity (Wildman–Crippen MR) is 70.2 cm³/mol. The molecule has 0 saturated carbocycles. The molecule has 2 rings (SSSR count). The van der Waals surface area contributed by atoms with E-state index in [2.05, 4.69) is 25.8 Å². The maximum absolute atomic E-state index is 6.03. The summed E-state index contributed by atoms with van der Waals surface area (Å²) in [5.41, 5.74) is 0. The molecule has 0 aliphatic carbocycles. The number of nitrogens with zero attached hydrogens (tertiary/aromatic N) is 3. The van der Waals surface area contributed by atoms with Crippen LogP contribution in [0.15, 0.2) is 10.6 Å². The molecule has 0 amide bonds. The smallest absolute Gasteiger partial charge is 0.223 e. The minimum Gasteiger partial charge on any atom is -0.372 e. The molecular formula is C10H11Cl2N5O. The van der Waals surface area contributed by atoms with E-state index in [9.17, 15) is 0 Å². The van der Waals surface area contributed by atoms with Gasteiger partial charge in [0.1, 0.15) is 11.6 Å². The van der Waals surface area contributed by atoms with Crippen molar-refractivity contribution < 1.29 is 4.52 Å². The van der Waals surface area contributed by atoms with E-state index in [0.29, 0.717) is 39.9 Å². The molecule has 0 aliphatic rings. The molecule has 0 atom stereocenters. The van der Waals surface area contributed by atoms with Gasteiger partial charge in [-0.1, -0.05) is 28.4 Å². The van der Waals surface area contributed by atoms with Crippen LogP contribution < -0.4 is 10.6 Å². The van der Waals surface area contributed by atoms with Crippen LogP contribution in [-0.4, -0.2) is 22.2 Å². The lowest BCUT2D eigenvalue weighted by atomic mass is 10.4. The Morgan fingerprint density at radius 3 is 2.56 bits per heavy atom. The van der Waals surface area contributed by atoms with Crippen molar-refractivity contribution in [2.75, 3.05) is 17.7 Å². The van der Waals surface area contributed by atoms with Crippen LogP contribution in [0.25, 0.3) is 0 Å². The Bertz CT molecular complexity index is 557. The zero-order valence-corrected chi connectivity index (χ0v) is 11.3. The van der Waals surface area contributed by atoms with Crippen molar-refractivity contribution in [1.82, 2.24) is 15.1 Å². The number of aryl methyl sites for hydroxylation is 1. The summed E-state index contributed by atoms with van der Waals surface area (Å²) in [4.78, 5) is 8.30. The SMILES string of the molecule is CNc1nc(NCc2noc(C)n2)c(Cl)cc1Cl. The van der Waals surface area contributed by atoms with Crippen molar-refractivity contribution in [2.45, 2.75) is 13.5 Å². The van der Waals surface area contributed by atoms with Crippen molar-refractivity contribution >= 4 is 34.8 Å². The van der Waals surface area contributed by atoms with Gasteiger partial charge in [0, 0.05) is 14.0 Å². The number of hydrogen-bond donors (Lipinski definition) is 2. The molecule has 0 radical (unpaired) electrons. The minimum atomic E-state index is 0.370. The Balaban J connectivity index is 2.13. The van der Waals surface area contributed by atoms with Gasteiger partial charge >= 0.3 is 0 Å². The molecule has 2 aromatic rings. The first-order chi connectivity index (χ1) is 8.60. The van der Waals surface area contributed by atoms with Crippen LogP contribution in [0, 0.1) is 6.92 Å². The van der Waals surface area contributed by atoms with Gasteiger partial charge in [-0.2, -0.15) is 4.98 Å². The minimum absolute atomic E-state index is 0.370. The van der Waals surface area contributed by atoms with E-state index in [4.69, 9.17) is 27.7 Å². The molecule has 0 aromatic carbocycles. The molecule has 2 heterocycles. The number of aromatic nitrogens is 3. The van der Waals surface area contributed by atoms with Gasteiger partial charge < -0.3 is 15.2 Å². The van der Waals surface area contributed by atoms with Crippen LogP contribution >= 0.6 is 23.2 Å². The number of halogens is 2. The third-order valence-corrected chi connectivity index (χ3v) is 2.73.